The molecule has 1 N–H and O–H groups in total. The zero-order valence-electron chi connectivity index (χ0n) is 15.8. The van der Waals surface area contributed by atoms with E-state index < -0.39 is 0 Å². The summed E-state index contributed by atoms with van der Waals surface area (Å²) in [5, 5.41) is 3.64. The Hall–Kier alpha value is -3.06. The molecule has 0 unspecified atom stereocenters. The summed E-state index contributed by atoms with van der Waals surface area (Å²) in [5.41, 5.74) is 1.99. The summed E-state index contributed by atoms with van der Waals surface area (Å²) in [6.45, 7) is 1.33. The molecule has 0 saturated heterocycles. The minimum Gasteiger partial charge on any atom is -0.489 e. The van der Waals surface area contributed by atoms with Gasteiger partial charge in [-0.15, -0.1) is 0 Å². The number of carbonyl (C=O) groups excluding carboxylic acids is 1. The van der Waals surface area contributed by atoms with Crippen LogP contribution in [0.15, 0.2) is 76.8 Å². The number of fused-ring (bicyclic) bond motifs is 1. The minimum atomic E-state index is -0.247. The summed E-state index contributed by atoms with van der Waals surface area (Å²) in [6.07, 6.45) is 1.51. The highest BCUT2D eigenvalue weighted by Gasteiger charge is 2.26. The van der Waals surface area contributed by atoms with Crippen LogP contribution >= 0.6 is 11.8 Å². The van der Waals surface area contributed by atoms with Crippen LogP contribution in [0.2, 0.25) is 0 Å². The number of nitrogens with one attached hydrogen (secondary N) is 1. The van der Waals surface area contributed by atoms with Gasteiger partial charge in [-0.3, -0.25) is 14.2 Å². The summed E-state index contributed by atoms with van der Waals surface area (Å²) >= 11 is 1.44. The van der Waals surface area contributed by atoms with E-state index in [9.17, 15) is 9.59 Å². The van der Waals surface area contributed by atoms with Gasteiger partial charge in [0, 0.05) is 31.1 Å². The molecule has 1 amide bonds. The second-order valence-corrected chi connectivity index (χ2v) is 7.81. The molecule has 148 valence electrons. The number of rotatable bonds is 6. The Bertz CT molecular complexity index is 1040. The minimum absolute atomic E-state index is 0.0525. The summed E-state index contributed by atoms with van der Waals surface area (Å²) in [5.74, 6) is 1.11. The van der Waals surface area contributed by atoms with Crippen LogP contribution < -0.4 is 15.6 Å². The van der Waals surface area contributed by atoms with E-state index >= 15 is 0 Å². The summed E-state index contributed by atoms with van der Waals surface area (Å²) in [6, 6.07) is 19.1. The zero-order valence-corrected chi connectivity index (χ0v) is 16.6. The lowest BCUT2D eigenvalue weighted by Gasteiger charge is -2.23. The fourth-order valence-corrected chi connectivity index (χ4v) is 4.15. The van der Waals surface area contributed by atoms with Crippen molar-refractivity contribution in [3.05, 3.63) is 88.3 Å². The molecule has 0 spiro atoms. The number of amides is 1. The number of thioether (sulfide) groups is 1. The Morgan fingerprint density at radius 2 is 1.90 bits per heavy atom. The van der Waals surface area contributed by atoms with Crippen molar-refractivity contribution in [3.63, 3.8) is 0 Å². The molecular weight excluding hydrogens is 386 g/mol. The lowest BCUT2D eigenvalue weighted by Crippen LogP contribution is -2.39. The lowest BCUT2D eigenvalue weighted by atomic mass is 10.1. The molecule has 2 aromatic carbocycles. The molecule has 29 heavy (non-hydrogen) atoms. The molecule has 1 aliphatic rings. The van der Waals surface area contributed by atoms with Crippen LogP contribution in [-0.4, -0.2) is 21.2 Å². The van der Waals surface area contributed by atoms with Gasteiger partial charge in [0.15, 0.2) is 5.16 Å². The highest BCUT2D eigenvalue weighted by atomic mass is 32.2. The molecule has 0 aliphatic carbocycles. The number of nitrogens with zero attached hydrogens (tertiary/aromatic N) is 2. The van der Waals surface area contributed by atoms with E-state index in [4.69, 9.17) is 4.74 Å². The number of benzene rings is 2. The van der Waals surface area contributed by atoms with Gasteiger partial charge in [0.2, 0.25) is 5.91 Å². The van der Waals surface area contributed by atoms with E-state index in [1.807, 2.05) is 54.6 Å². The van der Waals surface area contributed by atoms with Crippen LogP contribution in [0, 0.1) is 5.92 Å². The maximum atomic E-state index is 12.5. The van der Waals surface area contributed by atoms with Crippen LogP contribution in [-0.2, 0) is 24.5 Å². The first-order chi connectivity index (χ1) is 14.2. The number of hydrogen-bond donors (Lipinski definition) is 1. The highest BCUT2D eigenvalue weighted by molar-refractivity contribution is 7.99. The molecule has 2 heterocycles. The van der Waals surface area contributed by atoms with Gasteiger partial charge >= 0.3 is 0 Å². The summed E-state index contributed by atoms with van der Waals surface area (Å²) < 4.78 is 7.35. The average molecular weight is 407 g/mol. The van der Waals surface area contributed by atoms with Crippen molar-refractivity contribution < 1.29 is 9.53 Å². The molecule has 7 heteroatoms. The van der Waals surface area contributed by atoms with Gasteiger partial charge in [0.05, 0.1) is 5.92 Å². The highest BCUT2D eigenvalue weighted by Crippen LogP contribution is 2.24. The largest absolute Gasteiger partial charge is 0.489 e. The second kappa shape index (κ2) is 8.96. The van der Waals surface area contributed by atoms with Crippen molar-refractivity contribution in [1.29, 1.82) is 0 Å². The fourth-order valence-electron chi connectivity index (χ4n) is 3.09. The average Bonchev–Trinajstić information content (AvgIpc) is 2.77. The topological polar surface area (TPSA) is 73.2 Å². The smallest absolute Gasteiger partial charge is 0.254 e. The first kappa shape index (κ1) is 19.3. The number of hydrogen-bond acceptors (Lipinski definition) is 5. The molecule has 1 atom stereocenters. The molecular formula is C22H21N3O3S. The zero-order chi connectivity index (χ0) is 20.1. The van der Waals surface area contributed by atoms with Gasteiger partial charge in [-0.2, -0.15) is 0 Å². The molecule has 3 aromatic rings. The molecule has 1 aliphatic heterocycles. The van der Waals surface area contributed by atoms with Gasteiger partial charge in [0.25, 0.3) is 5.56 Å². The van der Waals surface area contributed by atoms with Gasteiger partial charge in [-0.1, -0.05) is 54.2 Å². The Labute approximate surface area is 172 Å². The third-order valence-electron chi connectivity index (χ3n) is 4.72. The van der Waals surface area contributed by atoms with Crippen LogP contribution in [0.3, 0.4) is 0 Å². The predicted molar refractivity (Wildman–Crippen MR) is 112 cm³/mol. The van der Waals surface area contributed by atoms with Gasteiger partial charge < -0.3 is 10.1 Å². The Morgan fingerprint density at radius 1 is 1.10 bits per heavy atom. The standard InChI is InChI=1S/C22H21N3O3S/c26-20-10-11-23-22-25(20)13-18(15-29-22)21(27)24-12-16-6-8-19(9-7-16)28-14-17-4-2-1-3-5-17/h1-11,18H,12-15H2,(H,24,27)/t18-/m0/s1. The van der Waals surface area contributed by atoms with Crippen molar-refractivity contribution in [2.45, 2.75) is 24.9 Å². The maximum absolute atomic E-state index is 12.5. The number of ether oxygens (including phenoxy) is 1. The van der Waals surface area contributed by atoms with E-state index in [0.717, 1.165) is 16.9 Å². The molecule has 6 nitrogen and oxygen atoms in total. The van der Waals surface area contributed by atoms with E-state index in [-0.39, 0.29) is 17.4 Å². The van der Waals surface area contributed by atoms with Crippen LogP contribution in [0.4, 0.5) is 0 Å². The fraction of sp³-hybridized carbons (Fsp3) is 0.227. The molecule has 4 rings (SSSR count). The monoisotopic (exact) mass is 407 g/mol. The molecule has 0 fully saturated rings. The molecule has 0 bridgehead atoms. The van der Waals surface area contributed by atoms with Crippen molar-refractivity contribution in [2.24, 2.45) is 5.92 Å². The van der Waals surface area contributed by atoms with E-state index in [1.54, 1.807) is 4.57 Å². The Kier molecular flexibility index (Phi) is 5.95. The van der Waals surface area contributed by atoms with Gasteiger partial charge in [-0.05, 0) is 23.3 Å². The third kappa shape index (κ3) is 4.86. The molecule has 0 saturated carbocycles. The van der Waals surface area contributed by atoms with Crippen LogP contribution in [0.5, 0.6) is 5.75 Å². The predicted octanol–water partition coefficient (Wildman–Crippen LogP) is 2.86. The maximum Gasteiger partial charge on any atom is 0.254 e. The van der Waals surface area contributed by atoms with E-state index in [0.29, 0.717) is 30.6 Å². The third-order valence-corrected chi connectivity index (χ3v) is 5.88. The quantitative estimate of drug-likeness (QED) is 0.636. The molecule has 1 aromatic heterocycles. The van der Waals surface area contributed by atoms with E-state index in [2.05, 4.69) is 10.3 Å². The Morgan fingerprint density at radius 3 is 2.69 bits per heavy atom. The first-order valence-corrected chi connectivity index (χ1v) is 10.4. The van der Waals surface area contributed by atoms with Crippen molar-refractivity contribution in [1.82, 2.24) is 14.9 Å². The summed E-state index contributed by atoms with van der Waals surface area (Å²) in [4.78, 5) is 28.7. The Balaban J connectivity index is 1.28. The normalized spacial score (nSPS) is 15.4. The van der Waals surface area contributed by atoms with Gasteiger partial charge in [-0.25, -0.2) is 4.98 Å². The second-order valence-electron chi connectivity index (χ2n) is 6.82. The first-order valence-electron chi connectivity index (χ1n) is 9.41. The van der Waals surface area contributed by atoms with E-state index in [1.165, 1.54) is 24.0 Å². The summed E-state index contributed by atoms with van der Waals surface area (Å²) in [7, 11) is 0. The lowest BCUT2D eigenvalue weighted by molar-refractivity contribution is -0.125. The van der Waals surface area contributed by atoms with Crippen molar-refractivity contribution >= 4 is 17.7 Å². The van der Waals surface area contributed by atoms with Crippen molar-refractivity contribution in [2.75, 3.05) is 5.75 Å². The number of carbonyl (C=O) groups is 1. The SMILES string of the molecule is O=C(NCc1ccc(OCc2ccccc2)cc1)[C@@H]1CSc2nccc(=O)n2C1. The van der Waals surface area contributed by atoms with Crippen LogP contribution in [0.1, 0.15) is 11.1 Å². The van der Waals surface area contributed by atoms with Crippen molar-refractivity contribution in [3.8, 4) is 5.75 Å². The molecule has 0 radical (unpaired) electrons. The van der Waals surface area contributed by atoms with Crippen LogP contribution in [0.25, 0.3) is 0 Å². The van der Waals surface area contributed by atoms with Gasteiger partial charge in [0.1, 0.15) is 12.4 Å². The number of aromatic nitrogens is 2.